The molecule has 3 aromatic rings. The number of rotatable bonds is 9. The summed E-state index contributed by atoms with van der Waals surface area (Å²) in [7, 11) is 1.47. The normalized spacial score (nSPS) is 12.6. The van der Waals surface area contributed by atoms with Gasteiger partial charge in [0.15, 0.2) is 0 Å². The van der Waals surface area contributed by atoms with Gasteiger partial charge in [-0.3, -0.25) is 14.4 Å². The second kappa shape index (κ2) is 10.6. The number of hydrogen-bond donors (Lipinski definition) is 3. The molecule has 0 unspecified atom stereocenters. The number of nitrogens with one attached hydrogen (secondary N) is 2. The van der Waals surface area contributed by atoms with E-state index in [1.54, 1.807) is 18.2 Å². The molecule has 2 atom stereocenters. The van der Waals surface area contributed by atoms with Crippen molar-refractivity contribution in [2.24, 2.45) is 5.73 Å². The molecule has 3 rings (SSSR count). The Bertz CT molecular complexity index is 1290. The lowest BCUT2D eigenvalue weighted by molar-refractivity contribution is -0.130. The van der Waals surface area contributed by atoms with Crippen molar-refractivity contribution in [1.29, 1.82) is 0 Å². The van der Waals surface area contributed by atoms with Crippen LogP contribution in [-0.4, -0.2) is 36.9 Å². The predicted molar refractivity (Wildman–Crippen MR) is 122 cm³/mol. The Hall–Kier alpha value is -4.21. The minimum absolute atomic E-state index is 0.109. The van der Waals surface area contributed by atoms with Gasteiger partial charge in [-0.1, -0.05) is 18.2 Å². The van der Waals surface area contributed by atoms with Crippen molar-refractivity contribution in [3.8, 4) is 5.75 Å². The van der Waals surface area contributed by atoms with E-state index in [0.717, 1.165) is 0 Å². The molecule has 0 radical (unpaired) electrons. The maximum atomic E-state index is 14.1. The summed E-state index contributed by atoms with van der Waals surface area (Å²) in [5, 5.41) is 5.51. The van der Waals surface area contributed by atoms with Crippen molar-refractivity contribution in [3.05, 3.63) is 75.9 Å². The van der Waals surface area contributed by atoms with Crippen LogP contribution < -0.4 is 26.7 Å². The molecule has 0 fully saturated rings. The van der Waals surface area contributed by atoms with E-state index in [0.29, 0.717) is 16.7 Å². The number of hydrogen-bond acceptors (Lipinski definition) is 6. The van der Waals surface area contributed by atoms with E-state index in [-0.39, 0.29) is 24.0 Å². The molecule has 0 saturated heterocycles. The Kier molecular flexibility index (Phi) is 7.62. The van der Waals surface area contributed by atoms with E-state index in [1.165, 1.54) is 44.4 Å². The number of nitrogens with two attached hydrogens (primary N) is 1. The van der Waals surface area contributed by atoms with E-state index < -0.39 is 41.2 Å². The highest BCUT2D eigenvalue weighted by Gasteiger charge is 2.27. The third kappa shape index (κ3) is 5.97. The third-order valence-corrected chi connectivity index (χ3v) is 5.20. The fourth-order valence-corrected chi connectivity index (χ4v) is 3.56. The first-order chi connectivity index (χ1) is 16.2. The third-order valence-electron chi connectivity index (χ3n) is 5.20. The number of carbonyl (C=O) groups excluding carboxylic acids is 3. The Morgan fingerprint density at radius 2 is 1.74 bits per heavy atom. The van der Waals surface area contributed by atoms with Crippen LogP contribution in [0.2, 0.25) is 0 Å². The summed E-state index contributed by atoms with van der Waals surface area (Å²) >= 11 is 0. The first-order valence-electron chi connectivity index (χ1n) is 10.4. The summed E-state index contributed by atoms with van der Waals surface area (Å²) in [6.45, 7) is 1.22. The zero-order chi connectivity index (χ0) is 24.8. The van der Waals surface area contributed by atoms with E-state index in [9.17, 15) is 23.6 Å². The molecule has 4 N–H and O–H groups in total. The topological polar surface area (TPSA) is 141 Å². The van der Waals surface area contributed by atoms with Crippen molar-refractivity contribution >= 4 is 28.7 Å². The molecule has 0 spiro atoms. The number of primary amides is 1. The molecule has 2 aromatic carbocycles. The van der Waals surface area contributed by atoms with Gasteiger partial charge in [0, 0.05) is 37.3 Å². The van der Waals surface area contributed by atoms with Gasteiger partial charge in [0.05, 0.1) is 7.11 Å². The Labute approximate surface area is 194 Å². The van der Waals surface area contributed by atoms with Gasteiger partial charge in [-0.15, -0.1) is 0 Å². The lowest BCUT2D eigenvalue weighted by atomic mass is 10.0. The summed E-state index contributed by atoms with van der Waals surface area (Å²) in [5.41, 5.74) is 5.74. The van der Waals surface area contributed by atoms with Crippen molar-refractivity contribution in [1.82, 2.24) is 10.6 Å². The molecule has 0 saturated carbocycles. The van der Waals surface area contributed by atoms with E-state index in [2.05, 4.69) is 10.6 Å². The van der Waals surface area contributed by atoms with Crippen molar-refractivity contribution in [2.75, 3.05) is 7.11 Å². The molecule has 1 heterocycles. The van der Waals surface area contributed by atoms with Crippen LogP contribution in [0.4, 0.5) is 4.39 Å². The maximum absolute atomic E-state index is 14.1. The Balaban J connectivity index is 1.87. The molecule has 0 aliphatic carbocycles. The fraction of sp³-hybridized carbons (Fsp3) is 0.250. The summed E-state index contributed by atoms with van der Waals surface area (Å²) in [6.07, 6.45) is -0.247. The average molecular weight is 469 g/mol. The number of ether oxygens (including phenoxy) is 1. The van der Waals surface area contributed by atoms with E-state index >= 15 is 0 Å². The summed E-state index contributed by atoms with van der Waals surface area (Å²) in [6, 6.07) is 9.53. The van der Waals surface area contributed by atoms with Crippen LogP contribution in [-0.2, 0) is 27.2 Å². The minimum atomic E-state index is -1.21. The molecule has 0 aliphatic heterocycles. The summed E-state index contributed by atoms with van der Waals surface area (Å²) in [4.78, 5) is 48.8. The van der Waals surface area contributed by atoms with Gasteiger partial charge in [-0.05, 0) is 29.3 Å². The van der Waals surface area contributed by atoms with Crippen LogP contribution in [0.25, 0.3) is 11.0 Å². The van der Waals surface area contributed by atoms with Gasteiger partial charge >= 0.3 is 5.63 Å². The second-order valence-corrected chi connectivity index (χ2v) is 7.67. The molecule has 3 amide bonds. The fourth-order valence-electron chi connectivity index (χ4n) is 3.56. The monoisotopic (exact) mass is 469 g/mol. The predicted octanol–water partition coefficient (Wildman–Crippen LogP) is 1.20. The minimum Gasteiger partial charge on any atom is -0.497 e. The second-order valence-electron chi connectivity index (χ2n) is 7.67. The Morgan fingerprint density at radius 1 is 1.03 bits per heavy atom. The summed E-state index contributed by atoms with van der Waals surface area (Å²) < 4.78 is 24.4. The zero-order valence-electron chi connectivity index (χ0n) is 18.6. The Morgan fingerprint density at radius 3 is 2.38 bits per heavy atom. The largest absolute Gasteiger partial charge is 0.497 e. The van der Waals surface area contributed by atoms with Crippen LogP contribution >= 0.6 is 0 Å². The van der Waals surface area contributed by atoms with Gasteiger partial charge < -0.3 is 25.5 Å². The van der Waals surface area contributed by atoms with Gasteiger partial charge in [-0.2, -0.15) is 0 Å². The van der Waals surface area contributed by atoms with Crippen molar-refractivity contribution < 1.29 is 27.9 Å². The van der Waals surface area contributed by atoms with Crippen LogP contribution in [0.15, 0.2) is 57.7 Å². The molecule has 1 aromatic heterocycles. The first-order valence-corrected chi connectivity index (χ1v) is 10.4. The van der Waals surface area contributed by atoms with Crippen LogP contribution in [0.1, 0.15) is 18.1 Å². The zero-order valence-corrected chi connectivity index (χ0v) is 18.6. The highest BCUT2D eigenvalue weighted by Crippen LogP contribution is 2.23. The number of halogens is 1. The van der Waals surface area contributed by atoms with Crippen molar-refractivity contribution in [2.45, 2.75) is 31.8 Å². The van der Waals surface area contributed by atoms with Crippen LogP contribution in [0.3, 0.4) is 0 Å². The number of fused-ring (bicyclic) bond motifs is 1. The molecule has 0 aliphatic rings. The number of amides is 3. The molecule has 34 heavy (non-hydrogen) atoms. The van der Waals surface area contributed by atoms with Crippen LogP contribution in [0.5, 0.6) is 5.75 Å². The van der Waals surface area contributed by atoms with E-state index in [4.69, 9.17) is 14.9 Å². The number of benzene rings is 2. The molecule has 0 bridgehead atoms. The molecule has 9 nitrogen and oxygen atoms in total. The quantitative estimate of drug-likeness (QED) is 0.402. The SMILES string of the molecule is COc1ccc2c(C[C@@H](NC(=O)[C@H](Cc3ccccc3F)NC(C)=O)C(N)=O)cc(=O)oc2c1. The molecular weight excluding hydrogens is 445 g/mol. The standard InChI is InChI=1S/C24H24FN3O6/c1-13(29)27-20(9-14-5-3-4-6-18(14)25)24(32)28-19(23(26)31)10-15-11-22(30)34-21-12-16(33-2)7-8-17(15)21/h3-8,11-12,19-20H,9-10H2,1-2H3,(H2,26,31)(H,27,29)(H,28,32)/t19-,20+/m1/s1. The molecule has 10 heteroatoms. The molecular formula is C24H24FN3O6. The summed E-state index contributed by atoms with van der Waals surface area (Å²) in [5.74, 6) is -2.14. The average Bonchev–Trinajstić information content (AvgIpc) is 2.78. The van der Waals surface area contributed by atoms with Crippen LogP contribution in [0, 0.1) is 5.82 Å². The van der Waals surface area contributed by atoms with Gasteiger partial charge in [-0.25, -0.2) is 9.18 Å². The van der Waals surface area contributed by atoms with Gasteiger partial charge in [0.1, 0.15) is 29.2 Å². The van der Waals surface area contributed by atoms with Crippen molar-refractivity contribution in [3.63, 3.8) is 0 Å². The maximum Gasteiger partial charge on any atom is 0.336 e. The highest BCUT2D eigenvalue weighted by molar-refractivity contribution is 5.92. The lowest BCUT2D eigenvalue weighted by Gasteiger charge is -2.22. The van der Waals surface area contributed by atoms with Gasteiger partial charge in [0.2, 0.25) is 17.7 Å². The van der Waals surface area contributed by atoms with E-state index in [1.807, 2.05) is 0 Å². The lowest BCUT2D eigenvalue weighted by Crippen LogP contribution is -2.54. The number of methoxy groups -OCH3 is 1. The smallest absolute Gasteiger partial charge is 0.336 e. The first kappa shape index (κ1) is 24.4. The highest BCUT2D eigenvalue weighted by atomic mass is 19.1. The number of carbonyl (C=O) groups is 3. The van der Waals surface area contributed by atoms with Gasteiger partial charge in [0.25, 0.3) is 0 Å². The molecule has 178 valence electrons.